The number of methoxy groups -OCH3 is 1. The molecule has 1 atom stereocenters. The average molecular weight is 601 g/mol. The largest absolute Gasteiger partial charge is 0.497 e. The maximum absolute atomic E-state index is 14.4. The van der Waals surface area contributed by atoms with E-state index in [-0.39, 0.29) is 35.8 Å². The molecule has 1 amide bonds. The van der Waals surface area contributed by atoms with E-state index in [1.807, 2.05) is 0 Å². The van der Waals surface area contributed by atoms with Crippen molar-refractivity contribution in [2.24, 2.45) is 0 Å². The van der Waals surface area contributed by atoms with Crippen LogP contribution in [0.25, 0.3) is 0 Å². The van der Waals surface area contributed by atoms with E-state index >= 15 is 0 Å². The molecule has 12 heteroatoms. The highest BCUT2D eigenvalue weighted by molar-refractivity contribution is 7.90. The molecule has 2 aromatic carbocycles. The minimum Gasteiger partial charge on any atom is -0.497 e. The van der Waals surface area contributed by atoms with Crippen LogP contribution in [0.4, 0.5) is 4.39 Å². The lowest BCUT2D eigenvalue weighted by Crippen LogP contribution is -2.43. The van der Waals surface area contributed by atoms with E-state index in [4.69, 9.17) is 14.2 Å². The van der Waals surface area contributed by atoms with Crippen molar-refractivity contribution in [1.29, 1.82) is 0 Å². The number of ether oxygens (including phenoxy) is 3. The number of halogens is 1. The van der Waals surface area contributed by atoms with Crippen molar-refractivity contribution in [3.8, 4) is 5.75 Å². The molecule has 0 radical (unpaired) electrons. The SMILES string of the molecule is COc1ccc(C(=O)N(CCN2CCOCC2)Cc2cnc(S(=O)(=O)Cc3ccccc3F)n2CC2CCCO2)cc1. The van der Waals surface area contributed by atoms with Gasteiger partial charge in [-0.05, 0) is 43.2 Å². The van der Waals surface area contributed by atoms with Crippen molar-refractivity contribution >= 4 is 15.7 Å². The molecular weight excluding hydrogens is 563 g/mol. The van der Waals surface area contributed by atoms with Crippen molar-refractivity contribution in [1.82, 2.24) is 19.4 Å². The third-order valence-corrected chi connectivity index (χ3v) is 9.23. The summed E-state index contributed by atoms with van der Waals surface area (Å²) in [4.78, 5) is 22.1. The van der Waals surface area contributed by atoms with Crippen LogP contribution in [0, 0.1) is 5.82 Å². The Morgan fingerprint density at radius 3 is 2.57 bits per heavy atom. The lowest BCUT2D eigenvalue weighted by atomic mass is 10.2. The second-order valence-electron chi connectivity index (χ2n) is 10.5. The molecular formula is C30H37FN4O6S. The standard InChI is InChI=1S/C30H37FN4O6S/c1-39-26-10-8-23(9-11-26)29(36)34(13-12-33-14-17-40-18-15-33)20-25-19-32-30(35(25)21-27-6-4-16-41-27)42(37,38)22-24-5-2-3-7-28(24)31/h2-3,5,7-11,19,27H,4,6,12-18,20-22H2,1H3. The van der Waals surface area contributed by atoms with E-state index in [2.05, 4.69) is 9.88 Å². The number of hydrogen-bond donors (Lipinski definition) is 0. The molecule has 0 saturated carbocycles. The van der Waals surface area contributed by atoms with Gasteiger partial charge in [-0.15, -0.1) is 0 Å². The van der Waals surface area contributed by atoms with Gasteiger partial charge in [0.25, 0.3) is 5.91 Å². The normalized spacial score (nSPS) is 17.8. The quantitative estimate of drug-likeness (QED) is 0.313. The van der Waals surface area contributed by atoms with Gasteiger partial charge in [0, 0.05) is 43.9 Å². The Kier molecular flexibility index (Phi) is 9.88. The second kappa shape index (κ2) is 13.8. The molecule has 5 rings (SSSR count). The third kappa shape index (κ3) is 7.35. The Morgan fingerprint density at radius 2 is 1.88 bits per heavy atom. The number of nitrogens with zero attached hydrogens (tertiary/aromatic N) is 4. The van der Waals surface area contributed by atoms with Crippen molar-refractivity contribution in [3.63, 3.8) is 0 Å². The first kappa shape index (κ1) is 30.1. The first-order valence-electron chi connectivity index (χ1n) is 14.2. The van der Waals surface area contributed by atoms with Crippen LogP contribution in [0.1, 0.15) is 34.5 Å². The zero-order valence-corrected chi connectivity index (χ0v) is 24.6. The lowest BCUT2D eigenvalue weighted by Gasteiger charge is -2.30. The molecule has 1 aromatic heterocycles. The van der Waals surface area contributed by atoms with Crippen molar-refractivity contribution in [2.75, 3.05) is 53.1 Å². The molecule has 10 nitrogen and oxygen atoms in total. The molecule has 0 N–H and O–H groups in total. The number of sulfone groups is 1. The average Bonchev–Trinajstić information content (AvgIpc) is 3.67. The van der Waals surface area contributed by atoms with Gasteiger partial charge in [-0.2, -0.15) is 0 Å². The predicted octanol–water partition coefficient (Wildman–Crippen LogP) is 3.16. The Balaban J connectivity index is 1.45. The second-order valence-corrected chi connectivity index (χ2v) is 12.4. The molecule has 2 aliphatic rings. The molecule has 226 valence electrons. The van der Waals surface area contributed by atoms with Crippen molar-refractivity contribution in [2.45, 2.75) is 42.9 Å². The zero-order valence-electron chi connectivity index (χ0n) is 23.8. The van der Waals surface area contributed by atoms with Crippen LogP contribution >= 0.6 is 0 Å². The van der Waals surface area contributed by atoms with Crippen LogP contribution in [0.15, 0.2) is 59.9 Å². The third-order valence-electron chi connectivity index (χ3n) is 7.66. The van der Waals surface area contributed by atoms with Gasteiger partial charge in [0.1, 0.15) is 11.6 Å². The molecule has 2 saturated heterocycles. The maximum Gasteiger partial charge on any atom is 0.254 e. The monoisotopic (exact) mass is 600 g/mol. The lowest BCUT2D eigenvalue weighted by molar-refractivity contribution is 0.0318. The van der Waals surface area contributed by atoms with Gasteiger partial charge in [0.2, 0.25) is 15.0 Å². The smallest absolute Gasteiger partial charge is 0.254 e. The van der Waals surface area contributed by atoms with Gasteiger partial charge >= 0.3 is 0 Å². The Morgan fingerprint density at radius 1 is 1.12 bits per heavy atom. The Labute approximate surface area is 245 Å². The topological polar surface area (TPSA) is 103 Å². The summed E-state index contributed by atoms with van der Waals surface area (Å²) < 4.78 is 59.8. The summed E-state index contributed by atoms with van der Waals surface area (Å²) in [5, 5.41) is -0.152. The van der Waals surface area contributed by atoms with Crippen molar-refractivity contribution < 1.29 is 31.8 Å². The Bertz CT molecular complexity index is 1450. The summed E-state index contributed by atoms with van der Waals surface area (Å²) in [6.45, 7) is 4.93. The number of carbonyl (C=O) groups excluding carboxylic acids is 1. The van der Waals surface area contributed by atoms with E-state index in [1.54, 1.807) is 46.9 Å². The first-order chi connectivity index (χ1) is 20.3. The summed E-state index contributed by atoms with van der Waals surface area (Å²) in [6.07, 6.45) is 3.00. The van der Waals surface area contributed by atoms with Gasteiger partial charge in [-0.3, -0.25) is 9.69 Å². The van der Waals surface area contributed by atoms with Gasteiger partial charge in [-0.25, -0.2) is 17.8 Å². The fraction of sp³-hybridized carbons (Fsp3) is 0.467. The van der Waals surface area contributed by atoms with Crippen LogP contribution < -0.4 is 4.74 Å². The maximum atomic E-state index is 14.4. The minimum atomic E-state index is -4.02. The minimum absolute atomic E-state index is 0.0764. The van der Waals surface area contributed by atoms with Crippen LogP contribution in [-0.4, -0.2) is 92.9 Å². The number of benzene rings is 2. The van der Waals surface area contributed by atoms with Crippen LogP contribution in [-0.2, 0) is 38.2 Å². The van der Waals surface area contributed by atoms with E-state index in [1.165, 1.54) is 24.4 Å². The molecule has 3 heterocycles. The zero-order chi connectivity index (χ0) is 29.5. The van der Waals surface area contributed by atoms with Crippen LogP contribution in [0.5, 0.6) is 5.75 Å². The molecule has 1 unspecified atom stereocenters. The van der Waals surface area contributed by atoms with E-state index in [0.29, 0.717) is 49.9 Å². The molecule has 2 aliphatic heterocycles. The van der Waals surface area contributed by atoms with E-state index in [9.17, 15) is 17.6 Å². The number of aromatic nitrogens is 2. The fourth-order valence-electron chi connectivity index (χ4n) is 5.29. The van der Waals surface area contributed by atoms with Gasteiger partial charge in [0.15, 0.2) is 0 Å². The highest BCUT2D eigenvalue weighted by Gasteiger charge is 2.29. The van der Waals surface area contributed by atoms with Gasteiger partial charge < -0.3 is 23.7 Å². The summed E-state index contributed by atoms with van der Waals surface area (Å²) in [6, 6.07) is 12.7. The predicted molar refractivity (Wildman–Crippen MR) is 153 cm³/mol. The Hall–Kier alpha value is -3.32. The first-order valence-corrected chi connectivity index (χ1v) is 15.8. The highest BCUT2D eigenvalue weighted by atomic mass is 32.2. The number of morpholine rings is 1. The van der Waals surface area contributed by atoms with E-state index < -0.39 is 21.4 Å². The van der Waals surface area contributed by atoms with E-state index in [0.717, 1.165) is 25.9 Å². The number of rotatable bonds is 12. The summed E-state index contributed by atoms with van der Waals surface area (Å²) in [5.41, 5.74) is 1.14. The van der Waals surface area contributed by atoms with Gasteiger partial charge in [-0.1, -0.05) is 18.2 Å². The summed E-state index contributed by atoms with van der Waals surface area (Å²) in [7, 11) is -2.45. The molecule has 0 aliphatic carbocycles. The highest BCUT2D eigenvalue weighted by Crippen LogP contribution is 2.24. The molecule has 0 spiro atoms. The number of carbonyl (C=O) groups is 1. The van der Waals surface area contributed by atoms with Gasteiger partial charge in [0.05, 0.1) is 57.2 Å². The molecule has 2 fully saturated rings. The number of hydrogen-bond acceptors (Lipinski definition) is 8. The molecule has 3 aromatic rings. The number of amides is 1. The number of imidazole rings is 1. The summed E-state index contributed by atoms with van der Waals surface area (Å²) in [5.74, 6) is -0.650. The fourth-order valence-corrected chi connectivity index (χ4v) is 6.80. The molecule has 0 bridgehead atoms. The van der Waals surface area contributed by atoms with Crippen molar-refractivity contribution in [3.05, 3.63) is 77.4 Å². The summed E-state index contributed by atoms with van der Waals surface area (Å²) >= 11 is 0. The van der Waals surface area contributed by atoms with Crippen LogP contribution in [0.3, 0.4) is 0 Å². The molecule has 42 heavy (non-hydrogen) atoms. The van der Waals surface area contributed by atoms with Crippen LogP contribution in [0.2, 0.25) is 0 Å².